The van der Waals surface area contributed by atoms with Crippen LogP contribution in [0, 0.1) is 11.8 Å². The Labute approximate surface area is 122 Å². The quantitative estimate of drug-likeness (QED) is 0.880. The molecule has 1 saturated carbocycles. The largest absolute Gasteiger partial charge is 0.388 e. The van der Waals surface area contributed by atoms with Crippen molar-refractivity contribution in [1.29, 1.82) is 0 Å². The van der Waals surface area contributed by atoms with Crippen LogP contribution in [0.2, 0.25) is 0 Å². The molecule has 1 aliphatic carbocycles. The number of rotatable bonds is 3. The standard InChI is InChI=1S/C18H27NO/c20-18(15-10-5-2-6-11-15)16-12-7-13-19-17(16)14-8-3-1-4-9-14/h2,5-6,10-11,14,16-20H,1,3-4,7-9,12-13H2/t16-,17+,18?/m1/s1. The molecule has 1 saturated heterocycles. The molecule has 1 aliphatic heterocycles. The molecule has 2 heteroatoms. The van der Waals surface area contributed by atoms with E-state index in [1.54, 1.807) is 0 Å². The van der Waals surface area contributed by atoms with Gasteiger partial charge in [-0.2, -0.15) is 0 Å². The normalized spacial score (nSPS) is 30.1. The zero-order chi connectivity index (χ0) is 13.8. The number of aliphatic hydroxyl groups excluding tert-OH is 1. The zero-order valence-corrected chi connectivity index (χ0v) is 12.3. The van der Waals surface area contributed by atoms with Gasteiger partial charge < -0.3 is 10.4 Å². The third-order valence-corrected chi connectivity index (χ3v) is 5.26. The van der Waals surface area contributed by atoms with Crippen LogP contribution in [0.4, 0.5) is 0 Å². The van der Waals surface area contributed by atoms with Crippen LogP contribution in [0.5, 0.6) is 0 Å². The van der Waals surface area contributed by atoms with Crippen molar-refractivity contribution >= 4 is 0 Å². The van der Waals surface area contributed by atoms with Crippen LogP contribution in [-0.2, 0) is 0 Å². The lowest BCUT2D eigenvalue weighted by Crippen LogP contribution is -2.48. The van der Waals surface area contributed by atoms with Gasteiger partial charge in [-0.15, -0.1) is 0 Å². The predicted molar refractivity (Wildman–Crippen MR) is 82.5 cm³/mol. The summed E-state index contributed by atoms with van der Waals surface area (Å²) in [7, 11) is 0. The molecule has 1 aromatic rings. The third kappa shape index (κ3) is 3.07. The minimum absolute atomic E-state index is 0.309. The molecule has 3 rings (SSSR count). The minimum Gasteiger partial charge on any atom is -0.388 e. The number of piperidine rings is 1. The van der Waals surface area contributed by atoms with E-state index in [1.807, 2.05) is 18.2 Å². The van der Waals surface area contributed by atoms with E-state index in [0.717, 1.165) is 24.4 Å². The van der Waals surface area contributed by atoms with E-state index < -0.39 is 0 Å². The van der Waals surface area contributed by atoms with Gasteiger partial charge in [0.1, 0.15) is 0 Å². The molecule has 1 unspecified atom stereocenters. The second-order valence-corrected chi connectivity index (χ2v) is 6.54. The zero-order valence-electron chi connectivity index (χ0n) is 12.3. The van der Waals surface area contributed by atoms with Crippen LogP contribution >= 0.6 is 0 Å². The van der Waals surface area contributed by atoms with Gasteiger partial charge in [-0.3, -0.25) is 0 Å². The van der Waals surface area contributed by atoms with Crippen molar-refractivity contribution in [3.63, 3.8) is 0 Å². The van der Waals surface area contributed by atoms with Gasteiger partial charge in [0.2, 0.25) is 0 Å². The minimum atomic E-state index is -0.309. The summed E-state index contributed by atoms with van der Waals surface area (Å²) in [6.07, 6.45) is 8.87. The van der Waals surface area contributed by atoms with Gasteiger partial charge in [0.05, 0.1) is 6.10 Å². The summed E-state index contributed by atoms with van der Waals surface area (Å²) in [5.41, 5.74) is 1.09. The summed E-state index contributed by atoms with van der Waals surface area (Å²) in [6.45, 7) is 1.12. The van der Waals surface area contributed by atoms with Crippen molar-refractivity contribution in [3.05, 3.63) is 35.9 Å². The summed E-state index contributed by atoms with van der Waals surface area (Å²) >= 11 is 0. The van der Waals surface area contributed by atoms with Crippen LogP contribution in [-0.4, -0.2) is 17.7 Å². The average molecular weight is 273 g/mol. The summed E-state index contributed by atoms with van der Waals surface area (Å²) < 4.78 is 0. The highest BCUT2D eigenvalue weighted by atomic mass is 16.3. The topological polar surface area (TPSA) is 32.3 Å². The molecule has 1 heterocycles. The first-order chi connectivity index (χ1) is 9.86. The predicted octanol–water partition coefficient (Wildman–Crippen LogP) is 3.67. The van der Waals surface area contributed by atoms with E-state index in [0.29, 0.717) is 12.0 Å². The first-order valence-electron chi connectivity index (χ1n) is 8.32. The van der Waals surface area contributed by atoms with E-state index in [2.05, 4.69) is 17.4 Å². The van der Waals surface area contributed by atoms with Crippen molar-refractivity contribution in [2.75, 3.05) is 6.54 Å². The lowest BCUT2D eigenvalue weighted by molar-refractivity contribution is 0.0393. The van der Waals surface area contributed by atoms with Crippen LogP contribution < -0.4 is 5.32 Å². The summed E-state index contributed by atoms with van der Waals surface area (Å²) in [4.78, 5) is 0. The Bertz CT molecular complexity index is 399. The molecule has 0 amide bonds. The second-order valence-electron chi connectivity index (χ2n) is 6.54. The number of nitrogens with one attached hydrogen (secondary N) is 1. The van der Waals surface area contributed by atoms with Crippen molar-refractivity contribution in [2.45, 2.75) is 57.1 Å². The Morgan fingerprint density at radius 2 is 1.70 bits per heavy atom. The number of hydrogen-bond acceptors (Lipinski definition) is 2. The molecule has 1 aromatic carbocycles. The van der Waals surface area contributed by atoms with Crippen molar-refractivity contribution in [1.82, 2.24) is 5.32 Å². The summed E-state index contributed by atoms with van der Waals surface area (Å²) in [5, 5.41) is 14.5. The van der Waals surface area contributed by atoms with Gasteiger partial charge in [0, 0.05) is 12.0 Å². The Balaban J connectivity index is 1.74. The molecule has 0 radical (unpaired) electrons. The van der Waals surface area contributed by atoms with Crippen LogP contribution in [0.1, 0.15) is 56.6 Å². The van der Waals surface area contributed by atoms with Crippen LogP contribution in [0.15, 0.2) is 30.3 Å². The molecule has 110 valence electrons. The average Bonchev–Trinajstić information content (AvgIpc) is 2.56. The SMILES string of the molecule is OC(c1ccccc1)[C@@H]1CCCN[C@H]1C1CCCCC1. The summed E-state index contributed by atoms with van der Waals surface area (Å²) in [5.74, 6) is 1.15. The van der Waals surface area contributed by atoms with Crippen LogP contribution in [0.3, 0.4) is 0 Å². The Kier molecular flexibility index (Phi) is 4.74. The fourth-order valence-corrected chi connectivity index (χ4v) is 4.20. The maximum Gasteiger partial charge on any atom is 0.0833 e. The third-order valence-electron chi connectivity index (χ3n) is 5.26. The lowest BCUT2D eigenvalue weighted by Gasteiger charge is -2.42. The van der Waals surface area contributed by atoms with Gasteiger partial charge >= 0.3 is 0 Å². The monoisotopic (exact) mass is 273 g/mol. The van der Waals surface area contributed by atoms with E-state index in [1.165, 1.54) is 38.5 Å². The molecule has 2 N–H and O–H groups in total. The van der Waals surface area contributed by atoms with E-state index in [4.69, 9.17) is 0 Å². The lowest BCUT2D eigenvalue weighted by atomic mass is 9.73. The molecule has 0 spiro atoms. The fourth-order valence-electron chi connectivity index (χ4n) is 4.20. The maximum atomic E-state index is 10.8. The van der Waals surface area contributed by atoms with E-state index in [-0.39, 0.29) is 6.10 Å². The van der Waals surface area contributed by atoms with E-state index in [9.17, 15) is 5.11 Å². The van der Waals surface area contributed by atoms with Gasteiger partial charge in [0.25, 0.3) is 0 Å². The Morgan fingerprint density at radius 3 is 2.45 bits per heavy atom. The Hall–Kier alpha value is -0.860. The highest BCUT2D eigenvalue weighted by Crippen LogP contribution is 2.38. The molecule has 0 bridgehead atoms. The van der Waals surface area contributed by atoms with Gasteiger partial charge in [0.15, 0.2) is 0 Å². The highest BCUT2D eigenvalue weighted by Gasteiger charge is 2.36. The molecule has 2 aliphatic rings. The molecular formula is C18H27NO. The van der Waals surface area contributed by atoms with Crippen LogP contribution in [0.25, 0.3) is 0 Å². The van der Waals surface area contributed by atoms with Gasteiger partial charge in [-0.1, -0.05) is 49.6 Å². The first-order valence-corrected chi connectivity index (χ1v) is 8.32. The van der Waals surface area contributed by atoms with Gasteiger partial charge in [-0.05, 0) is 43.7 Å². The van der Waals surface area contributed by atoms with Gasteiger partial charge in [-0.25, -0.2) is 0 Å². The number of benzene rings is 1. The smallest absolute Gasteiger partial charge is 0.0833 e. The van der Waals surface area contributed by atoms with Crippen molar-refractivity contribution in [2.24, 2.45) is 11.8 Å². The molecule has 20 heavy (non-hydrogen) atoms. The maximum absolute atomic E-state index is 10.8. The number of aliphatic hydroxyl groups is 1. The van der Waals surface area contributed by atoms with Crippen molar-refractivity contribution < 1.29 is 5.11 Å². The molecule has 2 nitrogen and oxygen atoms in total. The fraction of sp³-hybridized carbons (Fsp3) is 0.667. The molecule has 2 fully saturated rings. The number of hydrogen-bond donors (Lipinski definition) is 2. The highest BCUT2D eigenvalue weighted by molar-refractivity contribution is 5.19. The molecule has 0 aromatic heterocycles. The first kappa shape index (κ1) is 14.1. The second kappa shape index (κ2) is 6.73. The molecular weight excluding hydrogens is 246 g/mol. The summed E-state index contributed by atoms with van der Waals surface area (Å²) in [6, 6.07) is 10.7. The Morgan fingerprint density at radius 1 is 0.950 bits per heavy atom. The molecule has 3 atom stereocenters. The van der Waals surface area contributed by atoms with Crippen molar-refractivity contribution in [3.8, 4) is 0 Å². The van der Waals surface area contributed by atoms with E-state index >= 15 is 0 Å².